The molecule has 3 nitrogen and oxygen atoms in total. The number of carbonyl (C=O) groups is 1. The Kier molecular flexibility index (Phi) is 4.94. The molecule has 1 amide bonds. The Balaban J connectivity index is 2.30. The van der Waals surface area contributed by atoms with Crippen molar-refractivity contribution in [2.24, 2.45) is 0 Å². The summed E-state index contributed by atoms with van der Waals surface area (Å²) in [5.41, 5.74) is 1.25. The Morgan fingerprint density at radius 3 is 2.65 bits per heavy atom. The summed E-state index contributed by atoms with van der Waals surface area (Å²) in [5, 5.41) is 5.69. The molecule has 0 saturated heterocycles. The second kappa shape index (κ2) is 6.69. The molecular weight excluding hydrogens is 370 g/mol. The van der Waals surface area contributed by atoms with Gasteiger partial charge in [-0.15, -0.1) is 0 Å². The number of halogens is 2. The number of rotatable bonds is 4. The average Bonchev–Trinajstić information content (AvgIpc) is 2.43. The molecule has 2 aromatic rings. The normalized spacial score (nSPS) is 10.2. The summed E-state index contributed by atoms with van der Waals surface area (Å²) in [6, 6.07) is 11.9. The summed E-state index contributed by atoms with van der Waals surface area (Å²) in [6.07, 6.45) is 0. The highest BCUT2D eigenvalue weighted by molar-refractivity contribution is 14.1. The van der Waals surface area contributed by atoms with Crippen molar-refractivity contribution < 1.29 is 9.18 Å². The summed E-state index contributed by atoms with van der Waals surface area (Å²) in [7, 11) is 0. The maximum Gasteiger partial charge on any atom is 0.257 e. The van der Waals surface area contributed by atoms with Gasteiger partial charge in [-0.05, 0) is 53.8 Å². The zero-order chi connectivity index (χ0) is 14.5. The lowest BCUT2D eigenvalue weighted by molar-refractivity contribution is 0.102. The van der Waals surface area contributed by atoms with E-state index in [9.17, 15) is 9.18 Å². The molecule has 104 valence electrons. The third kappa shape index (κ3) is 3.27. The first kappa shape index (κ1) is 14.8. The van der Waals surface area contributed by atoms with Crippen LogP contribution in [0.1, 0.15) is 17.3 Å². The summed E-state index contributed by atoms with van der Waals surface area (Å²) >= 11 is 2.14. The van der Waals surface area contributed by atoms with Crippen LogP contribution in [0.3, 0.4) is 0 Å². The Bertz CT molecular complexity index is 631. The monoisotopic (exact) mass is 384 g/mol. The molecule has 0 heterocycles. The SMILES string of the molecule is CCNc1c(F)cccc1C(=O)Nc1ccccc1I. The van der Waals surface area contributed by atoms with E-state index in [0.29, 0.717) is 17.8 Å². The quantitative estimate of drug-likeness (QED) is 0.779. The van der Waals surface area contributed by atoms with Crippen LogP contribution in [-0.4, -0.2) is 12.5 Å². The van der Waals surface area contributed by atoms with E-state index >= 15 is 0 Å². The number of benzene rings is 2. The molecule has 0 aliphatic carbocycles. The van der Waals surface area contributed by atoms with Gasteiger partial charge < -0.3 is 10.6 Å². The predicted molar refractivity (Wildman–Crippen MR) is 87.7 cm³/mol. The van der Waals surface area contributed by atoms with Gasteiger partial charge in [-0.3, -0.25) is 4.79 Å². The number of hydrogen-bond donors (Lipinski definition) is 2. The second-order valence-electron chi connectivity index (χ2n) is 4.13. The number of carbonyl (C=O) groups excluding carboxylic acids is 1. The molecule has 0 unspecified atom stereocenters. The van der Waals surface area contributed by atoms with Gasteiger partial charge in [0.25, 0.3) is 5.91 Å². The van der Waals surface area contributed by atoms with E-state index in [-0.39, 0.29) is 11.6 Å². The molecule has 2 aromatic carbocycles. The molecule has 5 heteroatoms. The summed E-state index contributed by atoms with van der Waals surface area (Å²) in [4.78, 5) is 12.3. The Labute approximate surface area is 130 Å². The zero-order valence-electron chi connectivity index (χ0n) is 10.9. The van der Waals surface area contributed by atoms with Gasteiger partial charge in [-0.1, -0.05) is 18.2 Å². The molecule has 0 aromatic heterocycles. The molecular formula is C15H14FIN2O. The van der Waals surface area contributed by atoms with Crippen LogP contribution in [0.2, 0.25) is 0 Å². The first-order valence-electron chi connectivity index (χ1n) is 6.21. The highest BCUT2D eigenvalue weighted by Gasteiger charge is 2.15. The molecule has 0 spiro atoms. The number of para-hydroxylation sites is 2. The molecule has 0 aliphatic rings. The van der Waals surface area contributed by atoms with E-state index in [4.69, 9.17) is 0 Å². The third-order valence-corrected chi connectivity index (χ3v) is 3.67. The molecule has 2 N–H and O–H groups in total. The number of amides is 1. The Morgan fingerprint density at radius 2 is 1.95 bits per heavy atom. The van der Waals surface area contributed by atoms with Crippen LogP contribution in [0.5, 0.6) is 0 Å². The maximum atomic E-state index is 13.8. The minimum absolute atomic E-state index is 0.235. The lowest BCUT2D eigenvalue weighted by atomic mass is 10.1. The number of anilines is 2. The van der Waals surface area contributed by atoms with E-state index in [1.165, 1.54) is 12.1 Å². The van der Waals surface area contributed by atoms with Crippen LogP contribution < -0.4 is 10.6 Å². The predicted octanol–water partition coefficient (Wildman–Crippen LogP) is 4.11. The minimum Gasteiger partial charge on any atom is -0.382 e. The lowest BCUT2D eigenvalue weighted by Crippen LogP contribution is -2.16. The largest absolute Gasteiger partial charge is 0.382 e. The topological polar surface area (TPSA) is 41.1 Å². The fraction of sp³-hybridized carbons (Fsp3) is 0.133. The Hall–Kier alpha value is -1.63. The lowest BCUT2D eigenvalue weighted by Gasteiger charge is -2.12. The first-order chi connectivity index (χ1) is 9.63. The van der Waals surface area contributed by atoms with E-state index < -0.39 is 5.82 Å². The van der Waals surface area contributed by atoms with Gasteiger partial charge in [0.05, 0.1) is 16.9 Å². The first-order valence-corrected chi connectivity index (χ1v) is 7.29. The Morgan fingerprint density at radius 1 is 1.20 bits per heavy atom. The standard InChI is InChI=1S/C15H14FIN2O/c1-2-18-14-10(6-5-7-11(14)16)15(20)19-13-9-4-3-8-12(13)17/h3-9,18H,2H2,1H3,(H,19,20). The van der Waals surface area contributed by atoms with Crippen LogP contribution in [-0.2, 0) is 0 Å². The highest BCUT2D eigenvalue weighted by Crippen LogP contribution is 2.23. The summed E-state index contributed by atoms with van der Waals surface area (Å²) in [6.45, 7) is 2.40. The average molecular weight is 384 g/mol. The van der Waals surface area contributed by atoms with Crippen molar-refractivity contribution in [2.75, 3.05) is 17.2 Å². The van der Waals surface area contributed by atoms with Gasteiger partial charge in [0.15, 0.2) is 0 Å². The van der Waals surface area contributed by atoms with Crippen molar-refractivity contribution in [3.8, 4) is 0 Å². The smallest absolute Gasteiger partial charge is 0.257 e. The summed E-state index contributed by atoms with van der Waals surface area (Å²) < 4.78 is 14.7. The van der Waals surface area contributed by atoms with Crippen molar-refractivity contribution >= 4 is 39.9 Å². The van der Waals surface area contributed by atoms with Crippen LogP contribution in [0.4, 0.5) is 15.8 Å². The van der Waals surface area contributed by atoms with E-state index in [2.05, 4.69) is 33.2 Å². The van der Waals surface area contributed by atoms with Gasteiger partial charge in [0, 0.05) is 10.1 Å². The fourth-order valence-corrected chi connectivity index (χ4v) is 2.34. The molecule has 0 bridgehead atoms. The fourth-order valence-electron chi connectivity index (χ4n) is 1.82. The van der Waals surface area contributed by atoms with E-state index in [1.807, 2.05) is 31.2 Å². The molecule has 0 aliphatic heterocycles. The maximum absolute atomic E-state index is 13.8. The van der Waals surface area contributed by atoms with Crippen LogP contribution in [0, 0.1) is 9.39 Å². The van der Waals surface area contributed by atoms with Crippen LogP contribution >= 0.6 is 22.6 Å². The second-order valence-corrected chi connectivity index (χ2v) is 5.29. The number of nitrogens with one attached hydrogen (secondary N) is 2. The van der Waals surface area contributed by atoms with Crippen molar-refractivity contribution in [3.05, 3.63) is 57.4 Å². The molecule has 0 radical (unpaired) electrons. The molecule has 0 atom stereocenters. The van der Waals surface area contributed by atoms with Crippen molar-refractivity contribution in [2.45, 2.75) is 6.92 Å². The van der Waals surface area contributed by atoms with Crippen molar-refractivity contribution in [1.82, 2.24) is 0 Å². The molecule has 2 rings (SSSR count). The van der Waals surface area contributed by atoms with Gasteiger partial charge in [-0.25, -0.2) is 4.39 Å². The third-order valence-electron chi connectivity index (χ3n) is 2.73. The van der Waals surface area contributed by atoms with Crippen LogP contribution in [0.25, 0.3) is 0 Å². The van der Waals surface area contributed by atoms with Crippen molar-refractivity contribution in [1.29, 1.82) is 0 Å². The van der Waals surface area contributed by atoms with Crippen LogP contribution in [0.15, 0.2) is 42.5 Å². The molecule has 0 saturated carbocycles. The van der Waals surface area contributed by atoms with Gasteiger partial charge in [0.2, 0.25) is 0 Å². The molecule has 0 fully saturated rings. The number of hydrogen-bond acceptors (Lipinski definition) is 2. The highest BCUT2D eigenvalue weighted by atomic mass is 127. The van der Waals surface area contributed by atoms with Crippen molar-refractivity contribution in [3.63, 3.8) is 0 Å². The zero-order valence-corrected chi connectivity index (χ0v) is 13.1. The van der Waals surface area contributed by atoms with Gasteiger partial charge in [0.1, 0.15) is 5.82 Å². The van der Waals surface area contributed by atoms with Gasteiger partial charge >= 0.3 is 0 Å². The van der Waals surface area contributed by atoms with Gasteiger partial charge in [-0.2, -0.15) is 0 Å². The molecule has 20 heavy (non-hydrogen) atoms. The minimum atomic E-state index is -0.428. The van der Waals surface area contributed by atoms with E-state index in [1.54, 1.807) is 6.07 Å². The van der Waals surface area contributed by atoms with E-state index in [0.717, 1.165) is 3.57 Å². The summed E-state index contributed by atoms with van der Waals surface area (Å²) in [5.74, 6) is -0.758.